The van der Waals surface area contributed by atoms with Gasteiger partial charge in [0, 0.05) is 17.6 Å². The number of amides is 1. The van der Waals surface area contributed by atoms with Crippen molar-refractivity contribution in [3.8, 4) is 0 Å². The maximum absolute atomic E-state index is 12.0. The summed E-state index contributed by atoms with van der Waals surface area (Å²) in [4.78, 5) is 13.8. The van der Waals surface area contributed by atoms with Crippen LogP contribution in [0.5, 0.6) is 0 Å². The standard InChI is InChI=1S/C16H22BrNO2/c1-16(2,3)20-15(19)18-9-8-12(11-18)10-13-6-4-5-7-14(13)17/h4-7,12H,8-11H2,1-3H3. The zero-order chi connectivity index (χ0) is 14.8. The van der Waals surface area contributed by atoms with E-state index in [0.29, 0.717) is 5.92 Å². The third-order valence-corrected chi connectivity index (χ3v) is 4.18. The highest BCUT2D eigenvalue weighted by Crippen LogP contribution is 2.26. The largest absolute Gasteiger partial charge is 0.444 e. The van der Waals surface area contributed by atoms with Gasteiger partial charge in [-0.25, -0.2) is 4.79 Å². The van der Waals surface area contributed by atoms with Crippen molar-refractivity contribution in [1.82, 2.24) is 4.90 Å². The van der Waals surface area contributed by atoms with Crippen molar-refractivity contribution in [1.29, 1.82) is 0 Å². The van der Waals surface area contributed by atoms with Crippen molar-refractivity contribution in [2.75, 3.05) is 13.1 Å². The van der Waals surface area contributed by atoms with Gasteiger partial charge in [0.15, 0.2) is 0 Å². The molecule has 1 heterocycles. The average Bonchev–Trinajstić information content (AvgIpc) is 2.79. The predicted octanol–water partition coefficient (Wildman–Crippen LogP) is 4.25. The molecule has 1 unspecified atom stereocenters. The molecule has 0 aliphatic carbocycles. The number of rotatable bonds is 2. The third-order valence-electron chi connectivity index (χ3n) is 3.40. The number of hydrogen-bond acceptors (Lipinski definition) is 2. The van der Waals surface area contributed by atoms with Crippen molar-refractivity contribution in [2.24, 2.45) is 5.92 Å². The van der Waals surface area contributed by atoms with Crippen LogP contribution in [0.2, 0.25) is 0 Å². The van der Waals surface area contributed by atoms with Gasteiger partial charge in [0.05, 0.1) is 0 Å². The van der Waals surface area contributed by atoms with Gasteiger partial charge in [-0.05, 0) is 51.2 Å². The second kappa shape index (κ2) is 6.17. The van der Waals surface area contributed by atoms with E-state index >= 15 is 0 Å². The topological polar surface area (TPSA) is 29.5 Å². The monoisotopic (exact) mass is 339 g/mol. The van der Waals surface area contributed by atoms with Crippen LogP contribution in [0.15, 0.2) is 28.7 Å². The van der Waals surface area contributed by atoms with E-state index < -0.39 is 5.60 Å². The van der Waals surface area contributed by atoms with E-state index in [4.69, 9.17) is 4.74 Å². The van der Waals surface area contributed by atoms with E-state index in [1.54, 1.807) is 0 Å². The van der Waals surface area contributed by atoms with E-state index in [-0.39, 0.29) is 6.09 Å². The van der Waals surface area contributed by atoms with Gasteiger partial charge >= 0.3 is 6.09 Å². The Hall–Kier alpha value is -1.03. The van der Waals surface area contributed by atoms with Crippen LogP contribution in [0, 0.1) is 5.92 Å². The maximum atomic E-state index is 12.0. The fraction of sp³-hybridized carbons (Fsp3) is 0.562. The van der Waals surface area contributed by atoms with E-state index in [1.165, 1.54) is 5.56 Å². The molecule has 20 heavy (non-hydrogen) atoms. The summed E-state index contributed by atoms with van der Waals surface area (Å²) in [5, 5.41) is 0. The number of hydrogen-bond donors (Lipinski definition) is 0. The Balaban J connectivity index is 1.90. The molecule has 1 aromatic carbocycles. The summed E-state index contributed by atoms with van der Waals surface area (Å²) in [5.74, 6) is 0.515. The summed E-state index contributed by atoms with van der Waals surface area (Å²) in [6.07, 6.45) is 1.86. The van der Waals surface area contributed by atoms with Crippen molar-refractivity contribution in [2.45, 2.75) is 39.2 Å². The lowest BCUT2D eigenvalue weighted by Crippen LogP contribution is -2.35. The first-order chi connectivity index (χ1) is 9.35. The maximum Gasteiger partial charge on any atom is 0.410 e. The van der Waals surface area contributed by atoms with E-state index in [9.17, 15) is 4.79 Å². The first-order valence-electron chi connectivity index (χ1n) is 7.06. The molecule has 1 aliphatic rings. The predicted molar refractivity (Wildman–Crippen MR) is 83.8 cm³/mol. The van der Waals surface area contributed by atoms with E-state index in [0.717, 1.165) is 30.4 Å². The Morgan fingerprint density at radius 2 is 2.10 bits per heavy atom. The van der Waals surface area contributed by atoms with Crippen LogP contribution in [-0.4, -0.2) is 29.7 Å². The highest BCUT2D eigenvalue weighted by molar-refractivity contribution is 9.10. The lowest BCUT2D eigenvalue weighted by atomic mass is 9.99. The molecular formula is C16H22BrNO2. The Kier molecular flexibility index (Phi) is 4.74. The second-order valence-corrected chi connectivity index (χ2v) is 7.23. The molecule has 1 aliphatic heterocycles. The molecule has 0 aromatic heterocycles. The molecule has 0 saturated carbocycles. The minimum absolute atomic E-state index is 0.188. The summed E-state index contributed by atoms with van der Waals surface area (Å²) in [7, 11) is 0. The first kappa shape index (κ1) is 15.4. The molecule has 0 N–H and O–H groups in total. The highest BCUT2D eigenvalue weighted by Gasteiger charge is 2.29. The number of benzene rings is 1. The first-order valence-corrected chi connectivity index (χ1v) is 7.86. The lowest BCUT2D eigenvalue weighted by Gasteiger charge is -2.24. The summed E-state index contributed by atoms with van der Waals surface area (Å²) >= 11 is 3.58. The Morgan fingerprint density at radius 1 is 1.40 bits per heavy atom. The van der Waals surface area contributed by atoms with Gasteiger partial charge in [-0.15, -0.1) is 0 Å². The van der Waals surface area contributed by atoms with Gasteiger partial charge < -0.3 is 9.64 Å². The smallest absolute Gasteiger partial charge is 0.410 e. The van der Waals surface area contributed by atoms with Crippen molar-refractivity contribution >= 4 is 22.0 Å². The normalized spacial score (nSPS) is 19.2. The van der Waals surface area contributed by atoms with Crippen LogP contribution >= 0.6 is 15.9 Å². The molecule has 1 fully saturated rings. The fourth-order valence-electron chi connectivity index (χ4n) is 2.47. The van der Waals surface area contributed by atoms with Crippen LogP contribution in [-0.2, 0) is 11.2 Å². The Bertz CT molecular complexity index is 482. The quantitative estimate of drug-likeness (QED) is 0.806. The van der Waals surface area contributed by atoms with Crippen LogP contribution in [0.1, 0.15) is 32.8 Å². The highest BCUT2D eigenvalue weighted by atomic mass is 79.9. The lowest BCUT2D eigenvalue weighted by molar-refractivity contribution is 0.0288. The molecular weight excluding hydrogens is 318 g/mol. The Morgan fingerprint density at radius 3 is 2.75 bits per heavy atom. The second-order valence-electron chi connectivity index (χ2n) is 6.38. The van der Waals surface area contributed by atoms with E-state index in [1.807, 2.05) is 31.7 Å². The minimum Gasteiger partial charge on any atom is -0.444 e. The number of nitrogens with zero attached hydrogens (tertiary/aromatic N) is 1. The Labute approximate surface area is 129 Å². The molecule has 4 heteroatoms. The molecule has 3 nitrogen and oxygen atoms in total. The number of ether oxygens (including phenoxy) is 1. The van der Waals surface area contributed by atoms with Gasteiger partial charge in [0.25, 0.3) is 0 Å². The zero-order valence-electron chi connectivity index (χ0n) is 12.4. The summed E-state index contributed by atoms with van der Waals surface area (Å²) in [5.41, 5.74) is 0.890. The molecule has 1 amide bonds. The molecule has 1 atom stereocenters. The molecule has 110 valence electrons. The molecule has 1 saturated heterocycles. The van der Waals surface area contributed by atoms with Crippen molar-refractivity contribution in [3.63, 3.8) is 0 Å². The number of carbonyl (C=O) groups is 1. The van der Waals surface area contributed by atoms with Gasteiger partial charge in [-0.3, -0.25) is 0 Å². The van der Waals surface area contributed by atoms with Crippen LogP contribution in [0.4, 0.5) is 4.79 Å². The molecule has 0 spiro atoms. The van der Waals surface area contributed by atoms with Crippen LogP contribution in [0.3, 0.4) is 0 Å². The van der Waals surface area contributed by atoms with E-state index in [2.05, 4.69) is 34.1 Å². The van der Waals surface area contributed by atoms with Gasteiger partial charge in [0.2, 0.25) is 0 Å². The number of likely N-dealkylation sites (tertiary alicyclic amines) is 1. The minimum atomic E-state index is -0.419. The van der Waals surface area contributed by atoms with Crippen molar-refractivity contribution in [3.05, 3.63) is 34.3 Å². The fourth-order valence-corrected chi connectivity index (χ4v) is 2.91. The molecule has 0 bridgehead atoms. The average molecular weight is 340 g/mol. The number of halogens is 1. The summed E-state index contributed by atoms with van der Waals surface area (Å²) < 4.78 is 6.57. The van der Waals surface area contributed by atoms with Gasteiger partial charge in [-0.1, -0.05) is 34.1 Å². The SMILES string of the molecule is CC(C)(C)OC(=O)N1CCC(Cc2ccccc2Br)C1. The summed E-state index contributed by atoms with van der Waals surface area (Å²) in [6.45, 7) is 7.29. The van der Waals surface area contributed by atoms with Gasteiger partial charge in [-0.2, -0.15) is 0 Å². The van der Waals surface area contributed by atoms with Gasteiger partial charge in [0.1, 0.15) is 5.60 Å². The van der Waals surface area contributed by atoms with Crippen molar-refractivity contribution < 1.29 is 9.53 Å². The zero-order valence-corrected chi connectivity index (χ0v) is 13.9. The third kappa shape index (κ3) is 4.23. The molecule has 0 radical (unpaired) electrons. The molecule has 1 aromatic rings. The number of carbonyl (C=O) groups excluding carboxylic acids is 1. The van der Waals surface area contributed by atoms with Crippen LogP contribution in [0.25, 0.3) is 0 Å². The molecule has 2 rings (SSSR count). The summed E-state index contributed by atoms with van der Waals surface area (Å²) in [6, 6.07) is 8.28. The van der Waals surface area contributed by atoms with Crippen LogP contribution < -0.4 is 0 Å².